The van der Waals surface area contributed by atoms with E-state index >= 15 is 0 Å². The lowest BCUT2D eigenvalue weighted by molar-refractivity contribution is 0.0127. The first kappa shape index (κ1) is 15.5. The van der Waals surface area contributed by atoms with Crippen molar-refractivity contribution in [2.75, 3.05) is 26.3 Å². The first-order valence-corrected chi connectivity index (χ1v) is 8.16. The van der Waals surface area contributed by atoms with Gasteiger partial charge in [-0.25, -0.2) is 0 Å². The van der Waals surface area contributed by atoms with Crippen LogP contribution < -0.4 is 0 Å². The van der Waals surface area contributed by atoms with Gasteiger partial charge in [0.15, 0.2) is 0 Å². The Kier molecular flexibility index (Phi) is 6.55. The second kappa shape index (κ2) is 8.43. The van der Waals surface area contributed by atoms with Crippen molar-refractivity contribution in [3.05, 3.63) is 21.9 Å². The molecule has 4 heteroatoms. The zero-order valence-electron chi connectivity index (χ0n) is 12.1. The molecule has 1 aliphatic heterocycles. The third-order valence-electron chi connectivity index (χ3n) is 3.43. The molecule has 1 aromatic rings. The molecule has 20 heavy (non-hydrogen) atoms. The maximum atomic E-state index is 8.71. The normalized spacial score (nSPS) is 16.9. The molecule has 110 valence electrons. The van der Waals surface area contributed by atoms with E-state index in [0.717, 1.165) is 44.0 Å². The van der Waals surface area contributed by atoms with Crippen molar-refractivity contribution in [2.24, 2.45) is 0 Å². The van der Waals surface area contributed by atoms with Crippen molar-refractivity contribution < 1.29 is 9.84 Å². The molecule has 2 heterocycles. The minimum absolute atomic E-state index is 0.139. The highest BCUT2D eigenvalue weighted by atomic mass is 32.1. The Bertz CT molecular complexity index is 453. The number of nitrogens with zero attached hydrogens (tertiary/aromatic N) is 1. The van der Waals surface area contributed by atoms with Gasteiger partial charge in [0, 0.05) is 37.5 Å². The Morgan fingerprint density at radius 1 is 1.40 bits per heavy atom. The fraction of sp³-hybridized carbons (Fsp3) is 0.625. The number of likely N-dealkylation sites (tertiary alicyclic amines) is 1. The molecular weight excluding hydrogens is 270 g/mol. The van der Waals surface area contributed by atoms with Crippen LogP contribution in [0.5, 0.6) is 0 Å². The SMILES string of the molecule is CCOC1CCN(Cc2ccc(C#CCCO)s2)CC1. The van der Waals surface area contributed by atoms with E-state index < -0.39 is 0 Å². The van der Waals surface area contributed by atoms with Gasteiger partial charge in [0.2, 0.25) is 0 Å². The van der Waals surface area contributed by atoms with E-state index in [4.69, 9.17) is 9.84 Å². The van der Waals surface area contributed by atoms with E-state index in [-0.39, 0.29) is 6.61 Å². The number of thiophene rings is 1. The highest BCUT2D eigenvalue weighted by molar-refractivity contribution is 7.12. The van der Waals surface area contributed by atoms with E-state index in [0.29, 0.717) is 12.5 Å². The molecule has 2 rings (SSSR count). The second-order valence-corrected chi connectivity index (χ2v) is 6.14. The van der Waals surface area contributed by atoms with Gasteiger partial charge in [-0.3, -0.25) is 4.90 Å². The fourth-order valence-corrected chi connectivity index (χ4v) is 3.35. The Morgan fingerprint density at radius 2 is 2.20 bits per heavy atom. The Morgan fingerprint density at radius 3 is 2.90 bits per heavy atom. The smallest absolute Gasteiger partial charge is 0.0771 e. The summed E-state index contributed by atoms with van der Waals surface area (Å²) in [4.78, 5) is 4.96. The first-order valence-electron chi connectivity index (χ1n) is 7.34. The third-order valence-corrected chi connectivity index (χ3v) is 4.41. The predicted molar refractivity (Wildman–Crippen MR) is 82.8 cm³/mol. The molecule has 1 saturated heterocycles. The highest BCUT2D eigenvalue weighted by Crippen LogP contribution is 2.21. The van der Waals surface area contributed by atoms with Crippen molar-refractivity contribution in [3.8, 4) is 11.8 Å². The molecule has 0 aliphatic carbocycles. The van der Waals surface area contributed by atoms with Crippen LogP contribution >= 0.6 is 11.3 Å². The molecule has 3 nitrogen and oxygen atoms in total. The van der Waals surface area contributed by atoms with Crippen molar-refractivity contribution in [1.82, 2.24) is 4.90 Å². The number of piperidine rings is 1. The van der Waals surface area contributed by atoms with Crippen LogP contribution in [0, 0.1) is 11.8 Å². The van der Waals surface area contributed by atoms with Gasteiger partial charge >= 0.3 is 0 Å². The average Bonchev–Trinajstić information content (AvgIpc) is 2.89. The summed E-state index contributed by atoms with van der Waals surface area (Å²) in [6.07, 6.45) is 3.29. The monoisotopic (exact) mass is 293 g/mol. The third kappa shape index (κ3) is 4.92. The largest absolute Gasteiger partial charge is 0.395 e. The Hall–Kier alpha value is -0.860. The molecule has 0 radical (unpaired) electrons. The van der Waals surface area contributed by atoms with E-state index in [1.54, 1.807) is 11.3 Å². The zero-order valence-corrected chi connectivity index (χ0v) is 12.9. The number of aliphatic hydroxyl groups is 1. The van der Waals surface area contributed by atoms with Gasteiger partial charge in [-0.05, 0) is 31.9 Å². The lowest BCUT2D eigenvalue weighted by Gasteiger charge is -2.31. The maximum Gasteiger partial charge on any atom is 0.0771 e. The van der Waals surface area contributed by atoms with Gasteiger partial charge in [-0.1, -0.05) is 11.8 Å². The minimum Gasteiger partial charge on any atom is -0.395 e. The molecule has 0 unspecified atom stereocenters. The van der Waals surface area contributed by atoms with Crippen molar-refractivity contribution >= 4 is 11.3 Å². The Balaban J connectivity index is 1.79. The zero-order chi connectivity index (χ0) is 14.2. The highest BCUT2D eigenvalue weighted by Gasteiger charge is 2.19. The molecule has 1 fully saturated rings. The minimum atomic E-state index is 0.139. The number of ether oxygens (including phenoxy) is 1. The summed E-state index contributed by atoms with van der Waals surface area (Å²) in [5.41, 5.74) is 0. The van der Waals surface area contributed by atoms with Crippen molar-refractivity contribution in [3.63, 3.8) is 0 Å². The second-order valence-electron chi connectivity index (χ2n) is 4.97. The number of rotatable bonds is 5. The van der Waals surface area contributed by atoms with Crippen LogP contribution in [0.15, 0.2) is 12.1 Å². The van der Waals surface area contributed by atoms with Crippen LogP contribution in [0.2, 0.25) is 0 Å². The molecule has 1 aromatic heterocycles. The lowest BCUT2D eigenvalue weighted by Crippen LogP contribution is -2.36. The number of hydrogen-bond acceptors (Lipinski definition) is 4. The summed E-state index contributed by atoms with van der Waals surface area (Å²) in [6.45, 7) is 6.29. The molecule has 0 spiro atoms. The van der Waals surface area contributed by atoms with Gasteiger partial charge < -0.3 is 9.84 Å². The van der Waals surface area contributed by atoms with Crippen LogP contribution in [-0.4, -0.2) is 42.4 Å². The van der Waals surface area contributed by atoms with Crippen molar-refractivity contribution in [2.45, 2.75) is 38.8 Å². The van der Waals surface area contributed by atoms with Crippen LogP contribution in [0.1, 0.15) is 35.9 Å². The summed E-state index contributed by atoms with van der Waals surface area (Å²) >= 11 is 1.76. The molecule has 0 saturated carbocycles. The summed E-state index contributed by atoms with van der Waals surface area (Å²) in [7, 11) is 0. The fourth-order valence-electron chi connectivity index (χ4n) is 2.43. The maximum absolute atomic E-state index is 8.71. The van der Waals surface area contributed by atoms with Gasteiger partial charge in [-0.2, -0.15) is 0 Å². The number of hydrogen-bond donors (Lipinski definition) is 1. The summed E-state index contributed by atoms with van der Waals surface area (Å²) < 4.78 is 5.68. The lowest BCUT2D eigenvalue weighted by atomic mass is 10.1. The number of aliphatic hydroxyl groups excluding tert-OH is 1. The van der Waals surface area contributed by atoms with Gasteiger partial charge in [0.1, 0.15) is 0 Å². The van der Waals surface area contributed by atoms with Crippen LogP contribution in [0.4, 0.5) is 0 Å². The van der Waals surface area contributed by atoms with E-state index in [1.807, 2.05) is 0 Å². The quantitative estimate of drug-likeness (QED) is 0.847. The predicted octanol–water partition coefficient (Wildman–Crippen LogP) is 2.48. The molecular formula is C16H23NO2S. The van der Waals surface area contributed by atoms with E-state index in [1.165, 1.54) is 4.88 Å². The van der Waals surface area contributed by atoms with Crippen LogP contribution in [0.3, 0.4) is 0 Å². The van der Waals surface area contributed by atoms with Crippen LogP contribution in [-0.2, 0) is 11.3 Å². The molecule has 1 N–H and O–H groups in total. The topological polar surface area (TPSA) is 32.7 Å². The van der Waals surface area contributed by atoms with Crippen LogP contribution in [0.25, 0.3) is 0 Å². The molecule has 0 bridgehead atoms. The standard InChI is InChI=1S/C16H23NO2S/c1-2-19-14-8-10-17(11-9-14)13-16-7-6-15(20-16)5-3-4-12-18/h6-7,14,18H,2,4,8-13H2,1H3. The van der Waals surface area contributed by atoms with Gasteiger partial charge in [-0.15, -0.1) is 11.3 Å². The van der Waals surface area contributed by atoms with Crippen molar-refractivity contribution in [1.29, 1.82) is 0 Å². The summed E-state index contributed by atoms with van der Waals surface area (Å²) in [5, 5.41) is 8.71. The molecule has 1 aliphatic rings. The Labute approximate surface area is 125 Å². The first-order chi connectivity index (χ1) is 9.81. The van der Waals surface area contributed by atoms with E-state index in [2.05, 4.69) is 35.8 Å². The molecule has 0 amide bonds. The van der Waals surface area contributed by atoms with Gasteiger partial charge in [0.25, 0.3) is 0 Å². The average molecular weight is 293 g/mol. The summed E-state index contributed by atoms with van der Waals surface area (Å²) in [5.74, 6) is 6.07. The molecule has 0 aromatic carbocycles. The molecule has 0 atom stereocenters. The van der Waals surface area contributed by atoms with Gasteiger partial charge in [0.05, 0.1) is 17.6 Å². The summed E-state index contributed by atoms with van der Waals surface area (Å²) in [6, 6.07) is 4.25. The van der Waals surface area contributed by atoms with E-state index in [9.17, 15) is 0 Å².